The van der Waals surface area contributed by atoms with E-state index in [4.69, 9.17) is 14.7 Å². The fourth-order valence-electron chi connectivity index (χ4n) is 3.78. The van der Waals surface area contributed by atoms with Gasteiger partial charge in [0, 0.05) is 24.1 Å². The molecule has 0 aromatic heterocycles. The molecule has 5 heteroatoms. The van der Waals surface area contributed by atoms with Crippen molar-refractivity contribution >= 4 is 12.0 Å². The summed E-state index contributed by atoms with van der Waals surface area (Å²) in [5.74, 6) is 0.910. The highest BCUT2D eigenvalue weighted by Crippen LogP contribution is 2.29. The standard InChI is InChI=1S/C27H24N2O3/c1-18-4-3-5-19(12-18)10-11-32-26-16-22(8-9-25(26)31-2)27(30)29-24-14-21-7-6-20(17-28)13-23(21)15-24/h3-9,12-13,15-16H,10-11,14H2,1-2H3,(H,29,30). The molecule has 0 heterocycles. The predicted molar refractivity (Wildman–Crippen MR) is 124 cm³/mol. The summed E-state index contributed by atoms with van der Waals surface area (Å²) in [5.41, 5.74) is 6.37. The van der Waals surface area contributed by atoms with Crippen molar-refractivity contribution in [3.63, 3.8) is 0 Å². The van der Waals surface area contributed by atoms with Gasteiger partial charge in [-0.05, 0) is 60.0 Å². The fraction of sp³-hybridized carbons (Fsp3) is 0.185. The summed E-state index contributed by atoms with van der Waals surface area (Å²) in [7, 11) is 1.58. The van der Waals surface area contributed by atoms with Crippen molar-refractivity contribution in [2.75, 3.05) is 13.7 Å². The maximum atomic E-state index is 12.9. The van der Waals surface area contributed by atoms with Gasteiger partial charge in [-0.1, -0.05) is 35.9 Å². The zero-order valence-electron chi connectivity index (χ0n) is 18.1. The smallest absolute Gasteiger partial charge is 0.255 e. The number of nitrogens with one attached hydrogen (secondary N) is 1. The SMILES string of the molecule is COc1ccc(C(=O)NC2=Cc3cc(C#N)ccc3C2)cc1OCCc1cccc(C)c1. The Bertz CT molecular complexity index is 1240. The van der Waals surface area contributed by atoms with E-state index in [1.807, 2.05) is 24.3 Å². The molecule has 32 heavy (non-hydrogen) atoms. The number of nitriles is 1. The first-order valence-corrected chi connectivity index (χ1v) is 10.5. The van der Waals surface area contributed by atoms with E-state index in [0.717, 1.165) is 23.2 Å². The summed E-state index contributed by atoms with van der Waals surface area (Å²) in [6.07, 6.45) is 3.30. The van der Waals surface area contributed by atoms with Gasteiger partial charge in [0.15, 0.2) is 11.5 Å². The maximum Gasteiger partial charge on any atom is 0.255 e. The van der Waals surface area contributed by atoms with E-state index in [1.165, 1.54) is 11.1 Å². The van der Waals surface area contributed by atoms with Crippen LogP contribution in [0.5, 0.6) is 11.5 Å². The highest BCUT2D eigenvalue weighted by Gasteiger charge is 2.17. The predicted octanol–water partition coefficient (Wildman–Crippen LogP) is 4.82. The third-order valence-electron chi connectivity index (χ3n) is 5.42. The molecule has 0 aliphatic heterocycles. The lowest BCUT2D eigenvalue weighted by Crippen LogP contribution is -2.22. The number of rotatable bonds is 7. The molecule has 0 spiro atoms. The van der Waals surface area contributed by atoms with Crippen LogP contribution < -0.4 is 14.8 Å². The molecule has 1 aliphatic carbocycles. The minimum absolute atomic E-state index is 0.212. The number of hydrogen-bond donors (Lipinski definition) is 1. The number of nitrogens with zero attached hydrogens (tertiary/aromatic N) is 1. The first-order valence-electron chi connectivity index (χ1n) is 10.5. The van der Waals surface area contributed by atoms with E-state index >= 15 is 0 Å². The maximum absolute atomic E-state index is 12.9. The highest BCUT2D eigenvalue weighted by atomic mass is 16.5. The second-order valence-electron chi connectivity index (χ2n) is 7.78. The second-order valence-corrected chi connectivity index (χ2v) is 7.78. The van der Waals surface area contributed by atoms with Crippen LogP contribution in [0.4, 0.5) is 0 Å². The van der Waals surface area contributed by atoms with Crippen LogP contribution in [0.2, 0.25) is 0 Å². The number of carbonyl (C=O) groups is 1. The molecule has 0 unspecified atom stereocenters. The molecular formula is C27H24N2O3. The Kier molecular flexibility index (Phi) is 6.23. The average Bonchev–Trinajstić information content (AvgIpc) is 3.20. The van der Waals surface area contributed by atoms with Gasteiger partial charge in [-0.15, -0.1) is 0 Å². The van der Waals surface area contributed by atoms with Crippen molar-refractivity contribution in [2.45, 2.75) is 19.8 Å². The zero-order chi connectivity index (χ0) is 22.5. The van der Waals surface area contributed by atoms with Crippen molar-refractivity contribution < 1.29 is 14.3 Å². The Hall–Kier alpha value is -4.04. The summed E-state index contributed by atoms with van der Waals surface area (Å²) < 4.78 is 11.4. The number of hydrogen-bond acceptors (Lipinski definition) is 4. The number of benzene rings is 3. The number of carbonyl (C=O) groups excluding carboxylic acids is 1. The van der Waals surface area contributed by atoms with Gasteiger partial charge in [0.05, 0.1) is 25.3 Å². The van der Waals surface area contributed by atoms with Crippen LogP contribution in [0.1, 0.15) is 38.2 Å². The third-order valence-corrected chi connectivity index (χ3v) is 5.42. The summed E-state index contributed by atoms with van der Waals surface area (Å²) in [5, 5.41) is 12.0. The fourth-order valence-corrected chi connectivity index (χ4v) is 3.78. The largest absolute Gasteiger partial charge is 0.493 e. The van der Waals surface area contributed by atoms with E-state index < -0.39 is 0 Å². The minimum atomic E-state index is -0.212. The second kappa shape index (κ2) is 9.40. The Labute approximate surface area is 187 Å². The lowest BCUT2D eigenvalue weighted by molar-refractivity contribution is 0.0965. The highest BCUT2D eigenvalue weighted by molar-refractivity contribution is 5.96. The molecule has 0 atom stereocenters. The molecule has 5 nitrogen and oxygen atoms in total. The molecule has 0 saturated carbocycles. The first kappa shape index (κ1) is 21.2. The molecule has 0 radical (unpaired) electrons. The number of amides is 1. The van der Waals surface area contributed by atoms with E-state index in [9.17, 15) is 4.79 Å². The van der Waals surface area contributed by atoms with E-state index in [0.29, 0.717) is 35.7 Å². The number of allylic oxidation sites excluding steroid dienone is 1. The van der Waals surface area contributed by atoms with Gasteiger partial charge in [-0.25, -0.2) is 0 Å². The van der Waals surface area contributed by atoms with Gasteiger partial charge in [0.25, 0.3) is 5.91 Å². The molecule has 1 aliphatic rings. The first-order chi connectivity index (χ1) is 15.6. The third kappa shape index (κ3) is 4.81. The molecule has 3 aromatic carbocycles. The normalized spacial score (nSPS) is 11.8. The molecule has 4 rings (SSSR count). The van der Waals surface area contributed by atoms with Crippen molar-refractivity contribution in [2.24, 2.45) is 0 Å². The van der Waals surface area contributed by atoms with Gasteiger partial charge >= 0.3 is 0 Å². The Balaban J connectivity index is 1.43. The van der Waals surface area contributed by atoms with Crippen molar-refractivity contribution in [3.8, 4) is 17.6 Å². The molecule has 1 N–H and O–H groups in total. The number of methoxy groups -OCH3 is 1. The van der Waals surface area contributed by atoms with Crippen LogP contribution in [-0.2, 0) is 12.8 Å². The monoisotopic (exact) mass is 424 g/mol. The van der Waals surface area contributed by atoms with E-state index in [1.54, 1.807) is 31.4 Å². The van der Waals surface area contributed by atoms with Gasteiger partial charge < -0.3 is 14.8 Å². The number of ether oxygens (including phenoxy) is 2. The molecule has 0 saturated heterocycles. The lowest BCUT2D eigenvalue weighted by Gasteiger charge is -2.13. The summed E-state index contributed by atoms with van der Waals surface area (Å²) in [6, 6.07) is 21.2. The summed E-state index contributed by atoms with van der Waals surface area (Å²) in [6.45, 7) is 2.54. The van der Waals surface area contributed by atoms with Crippen LogP contribution in [-0.4, -0.2) is 19.6 Å². The minimum Gasteiger partial charge on any atom is -0.493 e. The molecule has 0 bridgehead atoms. The molecular weight excluding hydrogens is 400 g/mol. The van der Waals surface area contributed by atoms with Crippen LogP contribution in [0.15, 0.2) is 66.4 Å². The quantitative estimate of drug-likeness (QED) is 0.590. The van der Waals surface area contributed by atoms with Crippen LogP contribution in [0.3, 0.4) is 0 Å². The van der Waals surface area contributed by atoms with E-state index in [-0.39, 0.29) is 5.91 Å². The van der Waals surface area contributed by atoms with Gasteiger partial charge in [0.2, 0.25) is 0 Å². The van der Waals surface area contributed by atoms with Gasteiger partial charge in [-0.3, -0.25) is 4.79 Å². The molecule has 0 fully saturated rings. The van der Waals surface area contributed by atoms with E-state index in [2.05, 4.69) is 36.5 Å². The number of fused-ring (bicyclic) bond motifs is 1. The van der Waals surface area contributed by atoms with Crippen LogP contribution in [0.25, 0.3) is 6.08 Å². The van der Waals surface area contributed by atoms with Crippen molar-refractivity contribution in [1.82, 2.24) is 5.32 Å². The number of aryl methyl sites for hydroxylation is 1. The van der Waals surface area contributed by atoms with Gasteiger partial charge in [-0.2, -0.15) is 5.26 Å². The molecule has 3 aromatic rings. The average molecular weight is 425 g/mol. The molecule has 1 amide bonds. The van der Waals surface area contributed by atoms with Crippen molar-refractivity contribution in [1.29, 1.82) is 5.26 Å². The van der Waals surface area contributed by atoms with Gasteiger partial charge in [0.1, 0.15) is 0 Å². The Morgan fingerprint density at radius 1 is 1.09 bits per heavy atom. The topological polar surface area (TPSA) is 71.3 Å². The lowest BCUT2D eigenvalue weighted by atomic mass is 10.1. The zero-order valence-corrected chi connectivity index (χ0v) is 18.1. The molecule has 160 valence electrons. The Morgan fingerprint density at radius 2 is 1.97 bits per heavy atom. The summed E-state index contributed by atoms with van der Waals surface area (Å²) in [4.78, 5) is 12.9. The van der Waals surface area contributed by atoms with Crippen molar-refractivity contribution in [3.05, 3.63) is 99.7 Å². The Morgan fingerprint density at radius 3 is 2.75 bits per heavy atom. The van der Waals surface area contributed by atoms with Crippen LogP contribution in [0, 0.1) is 18.3 Å². The summed E-state index contributed by atoms with van der Waals surface area (Å²) >= 11 is 0. The van der Waals surface area contributed by atoms with Crippen LogP contribution >= 0.6 is 0 Å².